The van der Waals surface area contributed by atoms with E-state index in [0.29, 0.717) is 0 Å². The van der Waals surface area contributed by atoms with Crippen LogP contribution in [0.4, 0.5) is 5.95 Å². The van der Waals surface area contributed by atoms with Crippen molar-refractivity contribution in [1.29, 1.82) is 0 Å². The summed E-state index contributed by atoms with van der Waals surface area (Å²) >= 11 is 0. The number of ether oxygens (including phenoxy) is 1. The number of aliphatic hydroxyl groups excluding tert-OH is 2. The van der Waals surface area contributed by atoms with Gasteiger partial charge in [-0.05, 0) is 6.07 Å². The molecule has 3 heterocycles. The fourth-order valence-electron chi connectivity index (χ4n) is 3.25. The van der Waals surface area contributed by atoms with Gasteiger partial charge in [0, 0.05) is 11.4 Å². The van der Waals surface area contributed by atoms with Gasteiger partial charge < -0.3 is 25.8 Å². The first-order valence-electron chi connectivity index (χ1n) is 9.16. The number of aliphatic hydroxyl groups is 2. The Kier molecular flexibility index (Phi) is 7.53. The number of nitrogens with zero attached hydrogens (tertiary/aromatic N) is 5. The molecule has 0 bridgehead atoms. The first-order chi connectivity index (χ1) is 15.6. The van der Waals surface area contributed by atoms with Gasteiger partial charge in [-0.2, -0.15) is 18.5 Å². The van der Waals surface area contributed by atoms with Gasteiger partial charge in [-0.15, -0.1) is 0 Å². The molecular formula is C17H16N7NaO8S. The Labute approximate surface area is 213 Å². The Balaban J connectivity index is 0.00000324. The van der Waals surface area contributed by atoms with Crippen LogP contribution in [-0.4, -0.2) is 73.1 Å². The second-order valence-corrected chi connectivity index (χ2v) is 8.28. The van der Waals surface area contributed by atoms with E-state index in [-0.39, 0.29) is 52.2 Å². The van der Waals surface area contributed by atoms with Crippen molar-refractivity contribution < 1.29 is 67.4 Å². The summed E-state index contributed by atoms with van der Waals surface area (Å²) in [5.74, 6) is -2.05. The van der Waals surface area contributed by atoms with E-state index in [2.05, 4.69) is 25.5 Å². The van der Waals surface area contributed by atoms with Crippen molar-refractivity contribution in [2.75, 3.05) is 5.73 Å². The second kappa shape index (κ2) is 9.88. The zero-order chi connectivity index (χ0) is 23.9. The fraction of sp³-hybridized carbons (Fsp3) is 0.235. The third kappa shape index (κ3) is 4.89. The quantitative estimate of drug-likeness (QED) is 0.0952. The van der Waals surface area contributed by atoms with Gasteiger partial charge >= 0.3 is 29.6 Å². The zero-order valence-corrected chi connectivity index (χ0v) is 20.2. The van der Waals surface area contributed by atoms with E-state index in [0.717, 1.165) is 23.2 Å². The van der Waals surface area contributed by atoms with Gasteiger partial charge in [0.05, 0.1) is 12.5 Å². The minimum atomic E-state index is -4.52. The van der Waals surface area contributed by atoms with Crippen molar-refractivity contribution in [3.63, 3.8) is 0 Å². The maximum absolute atomic E-state index is 12.5. The maximum atomic E-state index is 12.5. The molecule has 3 aromatic rings. The van der Waals surface area contributed by atoms with Gasteiger partial charge in [0.25, 0.3) is 16.0 Å². The average molecular weight is 501 g/mol. The van der Waals surface area contributed by atoms with Crippen LogP contribution in [0.1, 0.15) is 11.8 Å². The number of aromatic nitrogens is 4. The molecule has 0 radical (unpaired) electrons. The molecule has 1 fully saturated rings. The number of fused-ring (bicyclic) bond motifs is 1. The zero-order valence-electron chi connectivity index (χ0n) is 17.4. The average Bonchev–Trinajstić information content (AvgIpc) is 3.29. The summed E-state index contributed by atoms with van der Waals surface area (Å²) in [6, 6.07) is 5.35. The van der Waals surface area contributed by atoms with E-state index in [9.17, 15) is 33.1 Å². The monoisotopic (exact) mass is 501 g/mol. The van der Waals surface area contributed by atoms with Gasteiger partial charge in [-0.1, -0.05) is 18.2 Å². The molecule has 15 nitrogen and oxygen atoms in total. The third-order valence-electron chi connectivity index (χ3n) is 4.75. The van der Waals surface area contributed by atoms with E-state index in [1.165, 1.54) is 18.2 Å². The van der Waals surface area contributed by atoms with Crippen LogP contribution in [0.5, 0.6) is 5.88 Å². The molecule has 0 unspecified atom stereocenters. The van der Waals surface area contributed by atoms with Crippen LogP contribution in [0.3, 0.4) is 0 Å². The molecule has 0 aliphatic carbocycles. The summed E-state index contributed by atoms with van der Waals surface area (Å²) in [5.41, 5.74) is 7.32. The number of imidazole rings is 1. The van der Waals surface area contributed by atoms with Crippen LogP contribution in [0.2, 0.25) is 0 Å². The normalized spacial score (nSPS) is 22.7. The minimum absolute atomic E-state index is 0. The van der Waals surface area contributed by atoms with E-state index in [1.54, 1.807) is 0 Å². The Bertz CT molecular complexity index is 1370. The summed E-state index contributed by atoms with van der Waals surface area (Å²) in [6.45, 7) is 0. The first-order valence-corrected chi connectivity index (χ1v) is 10.6. The number of amides is 1. The molecule has 6 N–H and O–H groups in total. The Morgan fingerprint density at radius 2 is 1.97 bits per heavy atom. The number of carbonyl (C=O) groups is 1. The van der Waals surface area contributed by atoms with E-state index in [4.69, 9.17) is 10.5 Å². The number of anilines is 1. The number of hydrazone groups is 1. The van der Waals surface area contributed by atoms with Crippen molar-refractivity contribution in [2.24, 2.45) is 5.10 Å². The standard InChI is InChI=1S/C17H17N7O8S.Na/c18-17-21-13-9(14(27)22-17)19-6-24(13)16-11(26)10(25)12(32-16)15(28)23-20-5-7-3-1-2-4-8(7)33(29,30)31;/h1-6,10-12,16,25-26H,(H,23,28)(H,29,30,31)(H3,18,21,22,27);/q;+1/p-1/b20-5-;/t10-,11+,12-,16+;/m0./s1. The van der Waals surface area contributed by atoms with Crippen molar-refractivity contribution in [2.45, 2.75) is 29.4 Å². The van der Waals surface area contributed by atoms with E-state index >= 15 is 0 Å². The minimum Gasteiger partial charge on any atom is -0.857 e. The van der Waals surface area contributed by atoms with Crippen molar-refractivity contribution in [3.8, 4) is 5.88 Å². The smallest absolute Gasteiger partial charge is 0.857 e. The Morgan fingerprint density at radius 1 is 1.26 bits per heavy atom. The number of rotatable bonds is 5. The SMILES string of the molecule is Nc1nc([O-])c2ncn([C@@H]3O[C@H](C(=O)N/N=C\c4ccccc4S(=O)(=O)O)[C@@H](O)[C@H]3O)c2n1.[Na+]. The van der Waals surface area contributed by atoms with E-state index < -0.39 is 51.3 Å². The van der Waals surface area contributed by atoms with Gasteiger partial charge in [0.2, 0.25) is 5.95 Å². The summed E-state index contributed by atoms with van der Waals surface area (Å²) in [4.78, 5) is 23.2. The molecule has 174 valence electrons. The Morgan fingerprint density at radius 3 is 2.68 bits per heavy atom. The number of hydrogen-bond acceptors (Lipinski definition) is 12. The van der Waals surface area contributed by atoms with Gasteiger partial charge in [0.1, 0.15) is 22.6 Å². The predicted molar refractivity (Wildman–Crippen MR) is 107 cm³/mol. The van der Waals surface area contributed by atoms with Gasteiger partial charge in [0.15, 0.2) is 18.0 Å². The first kappa shape index (κ1) is 25.9. The van der Waals surface area contributed by atoms with Crippen LogP contribution in [0.25, 0.3) is 11.2 Å². The number of carbonyl (C=O) groups excluding carboxylic acids is 1. The molecule has 17 heteroatoms. The molecule has 0 spiro atoms. The number of nitrogens with one attached hydrogen (secondary N) is 1. The third-order valence-corrected chi connectivity index (χ3v) is 5.68. The topological polar surface area (TPSA) is 238 Å². The fourth-order valence-corrected chi connectivity index (χ4v) is 3.92. The number of benzene rings is 1. The summed E-state index contributed by atoms with van der Waals surface area (Å²) in [6.07, 6.45) is -4.17. The van der Waals surface area contributed by atoms with Crippen LogP contribution in [0.15, 0.2) is 40.6 Å². The number of nitrogens with two attached hydrogens (primary N) is 1. The van der Waals surface area contributed by atoms with Gasteiger partial charge in [-0.25, -0.2) is 15.4 Å². The number of nitrogen functional groups attached to an aromatic ring is 1. The van der Waals surface area contributed by atoms with Crippen LogP contribution >= 0.6 is 0 Å². The number of hydrogen-bond donors (Lipinski definition) is 5. The molecule has 1 aliphatic heterocycles. The molecule has 1 amide bonds. The van der Waals surface area contributed by atoms with E-state index in [1.807, 2.05) is 0 Å². The molecule has 1 saturated heterocycles. The van der Waals surface area contributed by atoms with Crippen molar-refractivity contribution >= 4 is 39.4 Å². The summed E-state index contributed by atoms with van der Waals surface area (Å²) in [5, 5.41) is 36.2. The largest absolute Gasteiger partial charge is 1.00 e. The molecule has 1 aliphatic rings. The van der Waals surface area contributed by atoms with Crippen LogP contribution in [-0.2, 0) is 19.6 Å². The van der Waals surface area contributed by atoms with Gasteiger partial charge in [-0.3, -0.25) is 13.9 Å². The molecule has 4 atom stereocenters. The van der Waals surface area contributed by atoms with Crippen LogP contribution in [0, 0.1) is 0 Å². The molecular weight excluding hydrogens is 485 g/mol. The summed E-state index contributed by atoms with van der Waals surface area (Å²) < 4.78 is 38.6. The van der Waals surface area contributed by atoms with Crippen molar-refractivity contribution in [1.82, 2.24) is 24.9 Å². The molecule has 0 saturated carbocycles. The Hall–Kier alpha value is -2.70. The molecule has 2 aromatic heterocycles. The maximum Gasteiger partial charge on any atom is 1.00 e. The summed E-state index contributed by atoms with van der Waals surface area (Å²) in [7, 11) is -4.52. The van der Waals surface area contributed by atoms with Crippen molar-refractivity contribution in [3.05, 3.63) is 36.2 Å². The molecule has 4 rings (SSSR count). The predicted octanol–water partition coefficient (Wildman–Crippen LogP) is -5.50. The second-order valence-electron chi connectivity index (χ2n) is 6.89. The molecule has 34 heavy (non-hydrogen) atoms. The van der Waals surface area contributed by atoms with Crippen LogP contribution < -0.4 is 45.8 Å². The molecule has 1 aromatic carbocycles.